The number of hydrogen-bond donors (Lipinski definition) is 1. The lowest BCUT2D eigenvalue weighted by molar-refractivity contribution is 0.0697. The first-order chi connectivity index (χ1) is 19.6. The highest BCUT2D eigenvalue weighted by molar-refractivity contribution is 7.17. The highest BCUT2D eigenvalue weighted by atomic mass is 32.1. The van der Waals surface area contributed by atoms with Crippen molar-refractivity contribution in [3.05, 3.63) is 88.7 Å². The Kier molecular flexibility index (Phi) is 7.77. The van der Waals surface area contributed by atoms with Crippen molar-refractivity contribution in [2.24, 2.45) is 0 Å². The van der Waals surface area contributed by atoms with Crippen LogP contribution in [-0.2, 0) is 24.4 Å². The van der Waals surface area contributed by atoms with Crippen LogP contribution in [0.5, 0.6) is 5.88 Å². The average molecular weight is 557 g/mol. The maximum Gasteiger partial charge on any atom is 0.335 e. The molecule has 1 fully saturated rings. The molecule has 2 aromatic carbocycles. The fraction of sp³-hybridized carbons (Fsp3) is 0.323. The second-order valence-corrected chi connectivity index (χ2v) is 11.1. The lowest BCUT2D eigenvalue weighted by Gasteiger charge is -2.31. The summed E-state index contributed by atoms with van der Waals surface area (Å²) in [6.07, 6.45) is 2.01. The topological polar surface area (TPSA) is 89.7 Å². The molecule has 40 heavy (non-hydrogen) atoms. The van der Waals surface area contributed by atoms with Gasteiger partial charge in [-0.3, -0.25) is 4.90 Å². The van der Waals surface area contributed by atoms with Gasteiger partial charge in [-0.2, -0.15) is 0 Å². The Morgan fingerprint density at radius 2 is 1.93 bits per heavy atom. The van der Waals surface area contributed by atoms with Crippen LogP contribution >= 0.6 is 11.3 Å². The first-order valence-electron chi connectivity index (χ1n) is 13.6. The number of thiophene rings is 1. The Bertz CT molecular complexity index is 1640. The van der Waals surface area contributed by atoms with Crippen molar-refractivity contribution in [2.75, 3.05) is 26.8 Å². The van der Waals surface area contributed by atoms with E-state index in [2.05, 4.69) is 45.2 Å². The number of carbonyl (C=O) groups is 1. The average Bonchev–Trinajstić information content (AvgIpc) is 3.55. The largest absolute Gasteiger partial charge is 0.478 e. The van der Waals surface area contributed by atoms with Crippen molar-refractivity contribution in [1.82, 2.24) is 19.4 Å². The molecule has 0 bridgehead atoms. The van der Waals surface area contributed by atoms with Crippen molar-refractivity contribution < 1.29 is 19.4 Å². The number of aromatic carboxylic acids is 1. The van der Waals surface area contributed by atoms with E-state index in [9.17, 15) is 9.90 Å². The first kappa shape index (κ1) is 26.4. The van der Waals surface area contributed by atoms with Crippen molar-refractivity contribution >= 4 is 38.4 Å². The minimum Gasteiger partial charge on any atom is -0.478 e. The SMILES string of the molecule is COCCn1c(CN2CCC(c3cccc(OCc4csc5ccccc45)n3)CC2)nc2ccc(C(=O)O)cc21. The summed E-state index contributed by atoms with van der Waals surface area (Å²) in [5.74, 6) is 1.05. The zero-order chi connectivity index (χ0) is 27.5. The smallest absolute Gasteiger partial charge is 0.335 e. The van der Waals surface area contributed by atoms with Gasteiger partial charge in [0.1, 0.15) is 12.4 Å². The number of nitrogens with zero attached hydrogens (tertiary/aromatic N) is 4. The monoisotopic (exact) mass is 556 g/mol. The van der Waals surface area contributed by atoms with Crippen molar-refractivity contribution in [3.63, 3.8) is 0 Å². The molecule has 1 aliphatic rings. The Labute approximate surface area is 236 Å². The zero-order valence-electron chi connectivity index (χ0n) is 22.5. The molecule has 0 saturated carbocycles. The first-order valence-corrected chi connectivity index (χ1v) is 14.5. The molecule has 206 valence electrons. The van der Waals surface area contributed by atoms with E-state index >= 15 is 0 Å². The second kappa shape index (κ2) is 11.8. The summed E-state index contributed by atoms with van der Waals surface area (Å²) in [5, 5.41) is 12.9. The number of aromatic nitrogens is 3. The molecule has 0 atom stereocenters. The Morgan fingerprint density at radius 3 is 2.75 bits per heavy atom. The molecule has 0 amide bonds. The maximum absolute atomic E-state index is 11.5. The van der Waals surface area contributed by atoms with Crippen molar-refractivity contribution in [2.45, 2.75) is 38.5 Å². The van der Waals surface area contributed by atoms with Crippen LogP contribution in [0.4, 0.5) is 0 Å². The Balaban J connectivity index is 1.10. The molecule has 0 unspecified atom stereocenters. The highest BCUT2D eigenvalue weighted by Crippen LogP contribution is 2.30. The van der Waals surface area contributed by atoms with Crippen molar-refractivity contribution in [1.29, 1.82) is 0 Å². The molecule has 1 saturated heterocycles. The van der Waals surface area contributed by atoms with Gasteiger partial charge in [-0.25, -0.2) is 14.8 Å². The van der Waals surface area contributed by atoms with Crippen LogP contribution in [-0.4, -0.2) is 57.3 Å². The number of pyridine rings is 1. The molecule has 1 aliphatic heterocycles. The van der Waals surface area contributed by atoms with Gasteiger partial charge < -0.3 is 19.1 Å². The number of benzene rings is 2. The number of carboxylic acid groups (broad SMARTS) is 1. The third kappa shape index (κ3) is 5.58. The number of carboxylic acids is 1. The third-order valence-electron chi connectivity index (χ3n) is 7.65. The van der Waals surface area contributed by atoms with Crippen LogP contribution in [0, 0.1) is 0 Å². The van der Waals surface area contributed by atoms with Crippen LogP contribution in [0.15, 0.2) is 66.0 Å². The molecule has 4 heterocycles. The summed E-state index contributed by atoms with van der Waals surface area (Å²) in [6, 6.07) is 19.6. The highest BCUT2D eigenvalue weighted by Gasteiger charge is 2.24. The number of rotatable bonds is 10. The molecule has 0 aliphatic carbocycles. The normalized spacial score (nSPS) is 14.7. The van der Waals surface area contributed by atoms with Crippen LogP contribution in [0.25, 0.3) is 21.1 Å². The van der Waals surface area contributed by atoms with E-state index in [1.807, 2.05) is 12.1 Å². The lowest BCUT2D eigenvalue weighted by Crippen LogP contribution is -2.33. The van der Waals surface area contributed by atoms with E-state index in [4.69, 9.17) is 19.4 Å². The van der Waals surface area contributed by atoms with Crippen LogP contribution in [0.1, 0.15) is 46.2 Å². The maximum atomic E-state index is 11.5. The Morgan fingerprint density at radius 1 is 1.07 bits per heavy atom. The molecular formula is C31H32N4O4S. The molecule has 5 aromatic rings. The fourth-order valence-corrected chi connectivity index (χ4v) is 6.43. The minimum atomic E-state index is -0.937. The van der Waals surface area contributed by atoms with E-state index in [1.54, 1.807) is 36.6 Å². The standard InChI is InChI=1S/C31H32N4O4S/c1-38-16-15-35-27-17-22(31(36)37)9-10-26(27)32-29(35)18-34-13-11-21(12-14-34)25-6-4-8-30(33-25)39-19-23-20-40-28-7-3-2-5-24(23)28/h2-10,17,20-21H,11-16,18-19H2,1H3,(H,36,37). The van der Waals surface area contributed by atoms with E-state index < -0.39 is 5.97 Å². The number of methoxy groups -OCH3 is 1. The predicted molar refractivity (Wildman–Crippen MR) is 156 cm³/mol. The zero-order valence-corrected chi connectivity index (χ0v) is 23.3. The molecule has 3 aromatic heterocycles. The van der Waals surface area contributed by atoms with E-state index in [0.717, 1.165) is 48.5 Å². The second-order valence-electron chi connectivity index (χ2n) is 10.2. The summed E-state index contributed by atoms with van der Waals surface area (Å²) in [5.41, 5.74) is 4.18. The summed E-state index contributed by atoms with van der Waals surface area (Å²) >= 11 is 1.74. The molecule has 0 radical (unpaired) electrons. The minimum absolute atomic E-state index is 0.265. The van der Waals surface area contributed by atoms with Gasteiger partial charge in [0.2, 0.25) is 5.88 Å². The molecule has 9 heteroatoms. The molecular weight excluding hydrogens is 524 g/mol. The van der Waals surface area contributed by atoms with Crippen LogP contribution in [0.3, 0.4) is 0 Å². The van der Waals surface area contributed by atoms with Gasteiger partial charge in [-0.15, -0.1) is 11.3 Å². The van der Waals surface area contributed by atoms with Gasteiger partial charge in [0.15, 0.2) is 0 Å². The van der Waals surface area contributed by atoms with Crippen molar-refractivity contribution in [3.8, 4) is 5.88 Å². The number of fused-ring (bicyclic) bond motifs is 2. The number of imidazole rings is 1. The number of piperidine rings is 1. The van der Waals surface area contributed by atoms with E-state index in [-0.39, 0.29) is 5.56 Å². The lowest BCUT2D eigenvalue weighted by atomic mass is 9.93. The summed E-state index contributed by atoms with van der Waals surface area (Å²) in [4.78, 5) is 23.7. The van der Waals surface area contributed by atoms with Gasteiger partial charge in [-0.05, 0) is 67.0 Å². The molecule has 0 spiro atoms. The molecule has 8 nitrogen and oxygen atoms in total. The number of likely N-dealkylation sites (tertiary alicyclic amines) is 1. The van der Waals surface area contributed by atoms with Gasteiger partial charge >= 0.3 is 5.97 Å². The van der Waals surface area contributed by atoms with Gasteiger partial charge in [-0.1, -0.05) is 24.3 Å². The third-order valence-corrected chi connectivity index (χ3v) is 8.66. The summed E-state index contributed by atoms with van der Waals surface area (Å²) in [6.45, 7) is 4.25. The molecule has 6 rings (SSSR count). The number of hydrogen-bond acceptors (Lipinski definition) is 7. The van der Waals surface area contributed by atoms with E-state index in [0.29, 0.717) is 38.1 Å². The number of ether oxygens (including phenoxy) is 2. The quantitative estimate of drug-likeness (QED) is 0.227. The fourth-order valence-electron chi connectivity index (χ4n) is 5.48. The van der Waals surface area contributed by atoms with Gasteiger partial charge in [0.05, 0.1) is 29.7 Å². The van der Waals surface area contributed by atoms with Crippen LogP contribution < -0.4 is 4.74 Å². The van der Waals surface area contributed by atoms with E-state index in [1.165, 1.54) is 15.6 Å². The Hall–Kier alpha value is -3.79. The summed E-state index contributed by atoms with van der Waals surface area (Å²) < 4.78 is 14.8. The van der Waals surface area contributed by atoms with Gasteiger partial charge in [0.25, 0.3) is 0 Å². The van der Waals surface area contributed by atoms with Crippen LogP contribution in [0.2, 0.25) is 0 Å². The summed E-state index contributed by atoms with van der Waals surface area (Å²) in [7, 11) is 1.67. The predicted octanol–water partition coefficient (Wildman–Crippen LogP) is 5.95. The van der Waals surface area contributed by atoms with Gasteiger partial charge in [0, 0.05) is 41.6 Å². The molecule has 1 N–H and O–H groups in total.